The summed E-state index contributed by atoms with van der Waals surface area (Å²) >= 11 is 0. The molecule has 2 rings (SSSR count). The zero-order valence-corrected chi connectivity index (χ0v) is 11.1. The average Bonchev–Trinajstić information content (AvgIpc) is 2.73. The molecule has 5 nitrogen and oxygen atoms in total. The number of alkyl halides is 3. The molecule has 0 aliphatic carbocycles. The van der Waals surface area contributed by atoms with Gasteiger partial charge in [0, 0.05) is 29.9 Å². The van der Waals surface area contributed by atoms with Gasteiger partial charge in [-0.15, -0.1) is 0 Å². The summed E-state index contributed by atoms with van der Waals surface area (Å²) in [5, 5.41) is 3.96. The van der Waals surface area contributed by atoms with E-state index in [-0.39, 0.29) is 28.0 Å². The molecule has 0 saturated heterocycles. The highest BCUT2D eigenvalue weighted by molar-refractivity contribution is 5.88. The highest BCUT2D eigenvalue weighted by Crippen LogP contribution is 2.38. The Hall–Kier alpha value is -2.64. The Labute approximate surface area is 118 Å². The van der Waals surface area contributed by atoms with E-state index in [2.05, 4.69) is 5.10 Å². The Morgan fingerprint density at radius 2 is 1.86 bits per heavy atom. The maximum atomic E-state index is 13.4. The van der Waals surface area contributed by atoms with Crippen LogP contribution in [0.15, 0.2) is 36.3 Å². The number of halogens is 3. The van der Waals surface area contributed by atoms with Crippen molar-refractivity contribution in [2.45, 2.75) is 6.18 Å². The molecule has 0 saturated carbocycles. The first kappa shape index (κ1) is 14.8. The molecule has 0 amide bonds. The third-order valence-electron chi connectivity index (χ3n) is 2.85. The third-order valence-corrected chi connectivity index (χ3v) is 2.85. The van der Waals surface area contributed by atoms with Crippen molar-refractivity contribution in [2.75, 3.05) is 0 Å². The number of nitrogens with zero attached hydrogens (tertiary/aromatic N) is 2. The van der Waals surface area contributed by atoms with Gasteiger partial charge in [-0.25, -0.2) is 0 Å². The minimum atomic E-state index is -4.56. The number of aromatic nitrogens is 2. The molecule has 0 aliphatic rings. The lowest BCUT2D eigenvalue weighted by molar-refractivity contribution is -0.136. The van der Waals surface area contributed by atoms with E-state index in [1.165, 1.54) is 35.2 Å². The van der Waals surface area contributed by atoms with Crippen LogP contribution in [-0.4, -0.2) is 9.78 Å². The molecule has 112 valence electrons. The van der Waals surface area contributed by atoms with E-state index >= 15 is 0 Å². The molecule has 1 aromatic carbocycles. The number of fused-ring (bicyclic) bond motifs is 1. The number of nitrogens with two attached hydrogens (primary N) is 3. The van der Waals surface area contributed by atoms with Crippen molar-refractivity contribution >= 4 is 16.6 Å². The normalized spacial score (nSPS) is 12.7. The van der Waals surface area contributed by atoms with Gasteiger partial charge in [0.2, 0.25) is 0 Å². The molecule has 21 heavy (non-hydrogen) atoms. The summed E-state index contributed by atoms with van der Waals surface area (Å²) in [5.41, 5.74) is 15.4. The van der Waals surface area contributed by atoms with E-state index < -0.39 is 11.7 Å². The molecule has 1 heterocycles. The second kappa shape index (κ2) is 5.04. The van der Waals surface area contributed by atoms with Crippen molar-refractivity contribution in [2.24, 2.45) is 24.2 Å². The third kappa shape index (κ3) is 2.93. The lowest BCUT2D eigenvalue weighted by Crippen LogP contribution is -2.12. The number of benzene rings is 1. The van der Waals surface area contributed by atoms with Crippen molar-refractivity contribution in [1.82, 2.24) is 9.78 Å². The van der Waals surface area contributed by atoms with Crippen molar-refractivity contribution < 1.29 is 13.2 Å². The van der Waals surface area contributed by atoms with E-state index in [0.29, 0.717) is 0 Å². The minimum absolute atomic E-state index is 0.0106. The zero-order valence-electron chi connectivity index (χ0n) is 11.1. The Bertz CT molecular complexity index is 736. The number of hydrogen-bond acceptors (Lipinski definition) is 4. The van der Waals surface area contributed by atoms with E-state index in [0.717, 1.165) is 0 Å². The molecule has 0 aliphatic heterocycles. The molecule has 0 spiro atoms. The average molecular weight is 297 g/mol. The summed E-state index contributed by atoms with van der Waals surface area (Å²) in [6, 6.07) is 2.76. The second-order valence-electron chi connectivity index (χ2n) is 4.51. The fourth-order valence-corrected chi connectivity index (χ4v) is 2.03. The predicted molar refractivity (Wildman–Crippen MR) is 74.3 cm³/mol. The van der Waals surface area contributed by atoms with Gasteiger partial charge in [-0.2, -0.15) is 18.3 Å². The number of rotatable bonds is 2. The van der Waals surface area contributed by atoms with Crippen molar-refractivity contribution in [3.8, 4) is 0 Å². The van der Waals surface area contributed by atoms with Gasteiger partial charge in [-0.1, -0.05) is 6.07 Å². The van der Waals surface area contributed by atoms with E-state index in [9.17, 15) is 13.2 Å². The topological polar surface area (TPSA) is 95.9 Å². The smallest absolute Gasteiger partial charge is 0.398 e. The highest BCUT2D eigenvalue weighted by Gasteiger charge is 2.36. The number of allylic oxidation sites excluding steroid dienone is 2. The molecule has 1 aromatic heterocycles. The largest absolute Gasteiger partial charge is 0.417 e. The van der Waals surface area contributed by atoms with E-state index in [4.69, 9.17) is 17.2 Å². The van der Waals surface area contributed by atoms with Crippen LogP contribution < -0.4 is 17.2 Å². The van der Waals surface area contributed by atoms with Crippen LogP contribution in [-0.2, 0) is 13.2 Å². The van der Waals surface area contributed by atoms with E-state index in [1.807, 2.05) is 0 Å². The second-order valence-corrected chi connectivity index (χ2v) is 4.51. The highest BCUT2D eigenvalue weighted by atomic mass is 19.4. The van der Waals surface area contributed by atoms with Gasteiger partial charge < -0.3 is 17.2 Å². The van der Waals surface area contributed by atoms with Gasteiger partial charge in [-0.05, 0) is 18.2 Å². The van der Waals surface area contributed by atoms with Crippen LogP contribution >= 0.6 is 0 Å². The van der Waals surface area contributed by atoms with Gasteiger partial charge in [0.1, 0.15) is 0 Å². The summed E-state index contributed by atoms with van der Waals surface area (Å²) in [6.07, 6.45) is -0.776. The molecule has 0 radical (unpaired) electrons. The van der Waals surface area contributed by atoms with Crippen LogP contribution in [0, 0.1) is 0 Å². The molecular weight excluding hydrogens is 283 g/mol. The Balaban J connectivity index is 2.74. The van der Waals surface area contributed by atoms with E-state index in [1.54, 1.807) is 7.05 Å². The zero-order chi connectivity index (χ0) is 15.8. The maximum absolute atomic E-state index is 13.4. The number of aryl methyl sites for hydroxylation is 1. The van der Waals surface area contributed by atoms with Crippen LogP contribution in [0.3, 0.4) is 0 Å². The van der Waals surface area contributed by atoms with Gasteiger partial charge >= 0.3 is 6.18 Å². The Morgan fingerprint density at radius 3 is 2.43 bits per heavy atom. The Morgan fingerprint density at radius 1 is 1.19 bits per heavy atom. The lowest BCUT2D eigenvalue weighted by atomic mass is 10.00. The standard InChI is InChI=1S/C13H14F3N5/c1-21-6-8-10(20-21)4-2-7(12(8)13(14,15)16)9(17)3-5-11(18)19/h2-6H,17-19H2,1H3/b9-3-. The number of hydrogen-bond donors (Lipinski definition) is 3. The molecule has 0 bridgehead atoms. The van der Waals surface area contributed by atoms with Gasteiger partial charge in [0.15, 0.2) is 0 Å². The molecule has 0 unspecified atom stereocenters. The Kier molecular flexibility index (Phi) is 3.54. The quantitative estimate of drug-likeness (QED) is 0.734. The van der Waals surface area contributed by atoms with Crippen LogP contribution in [0.1, 0.15) is 11.1 Å². The van der Waals surface area contributed by atoms with Crippen molar-refractivity contribution in [3.05, 3.63) is 47.4 Å². The summed E-state index contributed by atoms with van der Waals surface area (Å²) < 4.78 is 41.4. The molecule has 0 atom stereocenters. The lowest BCUT2D eigenvalue weighted by Gasteiger charge is -2.14. The van der Waals surface area contributed by atoms with Crippen LogP contribution in [0.25, 0.3) is 16.6 Å². The summed E-state index contributed by atoms with van der Waals surface area (Å²) in [5.74, 6) is -0.0473. The fraction of sp³-hybridized carbons (Fsp3) is 0.154. The molecule has 0 fully saturated rings. The monoisotopic (exact) mass is 297 g/mol. The van der Waals surface area contributed by atoms with Crippen molar-refractivity contribution in [1.29, 1.82) is 0 Å². The first-order valence-electron chi connectivity index (χ1n) is 5.92. The minimum Gasteiger partial charge on any atom is -0.398 e. The van der Waals surface area contributed by atoms with Crippen LogP contribution in [0.5, 0.6) is 0 Å². The molecule has 2 aromatic rings. The van der Waals surface area contributed by atoms with Crippen LogP contribution in [0.4, 0.5) is 13.2 Å². The SMILES string of the molecule is Cn1cc2c(C(F)(F)F)c(/C(N)=C/C=C(N)N)ccc2n1. The van der Waals surface area contributed by atoms with Crippen molar-refractivity contribution in [3.63, 3.8) is 0 Å². The summed E-state index contributed by atoms with van der Waals surface area (Å²) in [7, 11) is 1.55. The molecule has 6 N–H and O–H groups in total. The molecular formula is C13H14F3N5. The summed E-state index contributed by atoms with van der Waals surface area (Å²) in [4.78, 5) is 0. The molecule has 8 heteroatoms. The van der Waals surface area contributed by atoms with Gasteiger partial charge in [0.25, 0.3) is 0 Å². The predicted octanol–water partition coefficient (Wildman–Crippen LogP) is 1.65. The fourth-order valence-electron chi connectivity index (χ4n) is 2.03. The first-order valence-corrected chi connectivity index (χ1v) is 5.92. The first-order chi connectivity index (χ1) is 9.70. The van der Waals surface area contributed by atoms with Gasteiger partial charge in [-0.3, -0.25) is 4.68 Å². The maximum Gasteiger partial charge on any atom is 0.417 e. The van der Waals surface area contributed by atoms with Crippen LogP contribution in [0.2, 0.25) is 0 Å². The van der Waals surface area contributed by atoms with Gasteiger partial charge in [0.05, 0.1) is 16.9 Å². The summed E-state index contributed by atoms with van der Waals surface area (Å²) in [6.45, 7) is 0.